The van der Waals surface area contributed by atoms with Crippen LogP contribution in [0.15, 0.2) is 66.7 Å². The summed E-state index contributed by atoms with van der Waals surface area (Å²) < 4.78 is 23.8. The quantitative estimate of drug-likeness (QED) is 0.594. The van der Waals surface area contributed by atoms with Crippen molar-refractivity contribution >= 4 is 17.6 Å². The average molecular weight is 461 g/mol. The lowest BCUT2D eigenvalue weighted by atomic mass is 10.1. The van der Waals surface area contributed by atoms with E-state index in [1.165, 1.54) is 12.1 Å². The smallest absolute Gasteiger partial charge is 0.324 e. The minimum absolute atomic E-state index is 0.101. The summed E-state index contributed by atoms with van der Waals surface area (Å²) in [6, 6.07) is 18.7. The molecule has 0 radical (unpaired) electrons. The highest BCUT2D eigenvalue weighted by atomic mass is 19.1. The van der Waals surface area contributed by atoms with Crippen LogP contribution in [0.5, 0.6) is 11.5 Å². The van der Waals surface area contributed by atoms with Gasteiger partial charge in [-0.15, -0.1) is 0 Å². The summed E-state index contributed by atoms with van der Waals surface area (Å²) in [5.74, 6) is 0.882. The number of ether oxygens (including phenoxy) is 2. The van der Waals surface area contributed by atoms with Gasteiger partial charge in [0.05, 0.1) is 0 Å². The molecule has 0 aliphatic carbocycles. The fraction of sp³-hybridized carbons (Fsp3) is 0.231. The van der Waals surface area contributed by atoms with Crippen molar-refractivity contribution in [2.45, 2.75) is 19.5 Å². The van der Waals surface area contributed by atoms with Gasteiger partial charge in [0.25, 0.3) is 5.91 Å². The molecule has 2 heterocycles. The van der Waals surface area contributed by atoms with E-state index in [9.17, 15) is 14.0 Å². The number of amides is 3. The fourth-order valence-corrected chi connectivity index (χ4v) is 4.11. The van der Waals surface area contributed by atoms with E-state index in [0.717, 1.165) is 23.2 Å². The van der Waals surface area contributed by atoms with E-state index in [4.69, 9.17) is 9.47 Å². The van der Waals surface area contributed by atoms with Gasteiger partial charge >= 0.3 is 6.03 Å². The fourth-order valence-electron chi connectivity index (χ4n) is 4.11. The Bertz CT molecular complexity index is 1200. The molecule has 0 atom stereocenters. The second-order valence-electron chi connectivity index (χ2n) is 8.25. The second-order valence-corrected chi connectivity index (χ2v) is 8.25. The Morgan fingerprint density at radius 3 is 2.44 bits per heavy atom. The highest BCUT2D eigenvalue weighted by molar-refractivity contribution is 5.96. The number of nitrogens with one attached hydrogen (secondary N) is 1. The first-order valence-corrected chi connectivity index (χ1v) is 11.1. The number of rotatable bonds is 6. The zero-order valence-corrected chi connectivity index (χ0v) is 18.5. The Labute approximate surface area is 196 Å². The number of hydrogen-bond acceptors (Lipinski definition) is 4. The van der Waals surface area contributed by atoms with Crippen LogP contribution in [0.4, 0.5) is 14.9 Å². The zero-order chi connectivity index (χ0) is 23.5. The highest BCUT2D eigenvalue weighted by Gasteiger charge is 2.27. The van der Waals surface area contributed by atoms with Crippen LogP contribution in [0.1, 0.15) is 27.9 Å². The van der Waals surface area contributed by atoms with E-state index < -0.39 is 0 Å². The monoisotopic (exact) mass is 461 g/mol. The largest absolute Gasteiger partial charge is 0.454 e. The van der Waals surface area contributed by atoms with E-state index in [0.29, 0.717) is 43.2 Å². The average Bonchev–Trinajstić information content (AvgIpc) is 3.33. The molecular weight excluding hydrogens is 437 g/mol. The standard InChI is InChI=1S/C26H24FN3O4/c27-21-7-2-18(3-8-21)16-29-12-1-13-30(26(29)32)22-9-5-20(6-10-22)25(31)28-15-19-4-11-23-24(14-19)34-17-33-23/h2-11,14H,1,12-13,15-17H2,(H,28,31). The first kappa shape index (κ1) is 21.8. The lowest BCUT2D eigenvalue weighted by Crippen LogP contribution is -2.49. The third-order valence-electron chi connectivity index (χ3n) is 5.93. The van der Waals surface area contributed by atoms with Gasteiger partial charge in [0.15, 0.2) is 11.5 Å². The van der Waals surface area contributed by atoms with Crippen molar-refractivity contribution in [1.82, 2.24) is 10.2 Å². The summed E-state index contributed by atoms with van der Waals surface area (Å²) >= 11 is 0. The molecule has 5 rings (SSSR count). The number of halogens is 1. The van der Waals surface area contributed by atoms with Crippen LogP contribution < -0.4 is 19.7 Å². The molecule has 3 aromatic carbocycles. The van der Waals surface area contributed by atoms with Crippen LogP contribution in [0, 0.1) is 5.82 Å². The number of urea groups is 1. The van der Waals surface area contributed by atoms with Gasteiger partial charge in [0, 0.05) is 37.4 Å². The van der Waals surface area contributed by atoms with Crippen LogP contribution >= 0.6 is 0 Å². The Hall–Kier alpha value is -4.07. The van der Waals surface area contributed by atoms with E-state index in [2.05, 4.69) is 5.32 Å². The van der Waals surface area contributed by atoms with Gasteiger partial charge in [-0.2, -0.15) is 0 Å². The molecule has 2 aliphatic heterocycles. The van der Waals surface area contributed by atoms with Crippen molar-refractivity contribution in [2.24, 2.45) is 0 Å². The summed E-state index contributed by atoms with van der Waals surface area (Å²) in [5.41, 5.74) is 3.04. The maximum Gasteiger partial charge on any atom is 0.324 e. The molecule has 1 saturated heterocycles. The molecule has 1 N–H and O–H groups in total. The number of hydrogen-bond donors (Lipinski definition) is 1. The summed E-state index contributed by atoms with van der Waals surface area (Å²) in [4.78, 5) is 29.1. The minimum atomic E-state index is -0.296. The molecule has 0 bridgehead atoms. The van der Waals surface area contributed by atoms with E-state index in [1.807, 2.05) is 18.2 Å². The van der Waals surface area contributed by atoms with Crippen LogP contribution in [0.2, 0.25) is 0 Å². The molecule has 8 heteroatoms. The molecule has 174 valence electrons. The van der Waals surface area contributed by atoms with Gasteiger partial charge in [-0.25, -0.2) is 9.18 Å². The zero-order valence-electron chi connectivity index (χ0n) is 18.5. The van der Waals surface area contributed by atoms with Crippen molar-refractivity contribution in [2.75, 3.05) is 24.8 Å². The lowest BCUT2D eigenvalue weighted by molar-refractivity contribution is 0.0951. The topological polar surface area (TPSA) is 71.1 Å². The molecule has 0 aromatic heterocycles. The predicted molar refractivity (Wildman–Crippen MR) is 124 cm³/mol. The number of fused-ring (bicyclic) bond motifs is 1. The Kier molecular flexibility index (Phi) is 6.03. The number of benzene rings is 3. The molecule has 3 amide bonds. The minimum Gasteiger partial charge on any atom is -0.454 e. The summed E-state index contributed by atoms with van der Waals surface area (Å²) in [6.45, 7) is 2.25. The summed E-state index contributed by atoms with van der Waals surface area (Å²) in [5, 5.41) is 2.90. The SMILES string of the molecule is O=C(NCc1ccc2c(c1)OCO2)c1ccc(N2CCCN(Cc3ccc(F)cc3)C2=O)cc1. The molecule has 0 saturated carbocycles. The summed E-state index contributed by atoms with van der Waals surface area (Å²) in [7, 11) is 0. The summed E-state index contributed by atoms with van der Waals surface area (Å²) in [6.07, 6.45) is 0.824. The maximum atomic E-state index is 13.2. The molecule has 0 spiro atoms. The molecular formula is C26H24FN3O4. The van der Waals surface area contributed by atoms with Crippen molar-refractivity contribution < 1.29 is 23.5 Å². The molecule has 3 aromatic rings. The number of carbonyl (C=O) groups excluding carboxylic acids is 2. The maximum absolute atomic E-state index is 13.2. The number of nitrogens with zero attached hydrogens (tertiary/aromatic N) is 2. The van der Waals surface area contributed by atoms with E-state index in [-0.39, 0.29) is 24.5 Å². The molecule has 7 nitrogen and oxygen atoms in total. The molecule has 1 fully saturated rings. The third-order valence-corrected chi connectivity index (χ3v) is 5.93. The van der Waals surface area contributed by atoms with E-state index in [1.54, 1.807) is 46.2 Å². The molecule has 34 heavy (non-hydrogen) atoms. The van der Waals surface area contributed by atoms with Gasteiger partial charge < -0.3 is 19.7 Å². The van der Waals surface area contributed by atoms with Gasteiger partial charge in [0.2, 0.25) is 6.79 Å². The second kappa shape index (κ2) is 9.43. The molecule has 0 unspecified atom stereocenters. The van der Waals surface area contributed by atoms with Crippen LogP contribution in [-0.2, 0) is 13.1 Å². The van der Waals surface area contributed by atoms with Crippen LogP contribution in [-0.4, -0.2) is 36.7 Å². The van der Waals surface area contributed by atoms with Gasteiger partial charge in [-0.05, 0) is 66.1 Å². The van der Waals surface area contributed by atoms with Crippen LogP contribution in [0.3, 0.4) is 0 Å². The first-order valence-electron chi connectivity index (χ1n) is 11.1. The molecule has 2 aliphatic rings. The first-order chi connectivity index (χ1) is 16.6. The van der Waals surface area contributed by atoms with Crippen molar-refractivity contribution in [3.8, 4) is 11.5 Å². The normalized spacial score (nSPS) is 14.9. The van der Waals surface area contributed by atoms with Crippen LogP contribution in [0.25, 0.3) is 0 Å². The number of anilines is 1. The van der Waals surface area contributed by atoms with Gasteiger partial charge in [0.1, 0.15) is 5.82 Å². The third kappa shape index (κ3) is 4.66. The Morgan fingerprint density at radius 2 is 1.65 bits per heavy atom. The Morgan fingerprint density at radius 1 is 0.912 bits per heavy atom. The number of carbonyl (C=O) groups is 2. The van der Waals surface area contributed by atoms with E-state index >= 15 is 0 Å². The Balaban J connectivity index is 1.20. The van der Waals surface area contributed by atoms with Crippen molar-refractivity contribution in [3.63, 3.8) is 0 Å². The van der Waals surface area contributed by atoms with Crippen molar-refractivity contribution in [3.05, 3.63) is 89.2 Å². The highest BCUT2D eigenvalue weighted by Crippen LogP contribution is 2.32. The lowest BCUT2D eigenvalue weighted by Gasteiger charge is -2.35. The van der Waals surface area contributed by atoms with Crippen molar-refractivity contribution in [1.29, 1.82) is 0 Å². The predicted octanol–water partition coefficient (Wildman–Crippen LogP) is 4.32. The van der Waals surface area contributed by atoms with Gasteiger partial charge in [-0.3, -0.25) is 9.69 Å². The van der Waals surface area contributed by atoms with Gasteiger partial charge in [-0.1, -0.05) is 18.2 Å².